The summed E-state index contributed by atoms with van der Waals surface area (Å²) in [5.74, 6) is -0.282. The highest BCUT2D eigenvalue weighted by molar-refractivity contribution is 5.98. The van der Waals surface area contributed by atoms with Crippen LogP contribution in [0.1, 0.15) is 31.3 Å². The van der Waals surface area contributed by atoms with Gasteiger partial charge in [0.2, 0.25) is 0 Å². The predicted octanol–water partition coefficient (Wildman–Crippen LogP) is 2.30. The summed E-state index contributed by atoms with van der Waals surface area (Å²) >= 11 is 0. The molecule has 1 aromatic heterocycles. The number of nitrogens with one attached hydrogen (secondary N) is 1. The molecular weight excluding hydrogens is 364 g/mol. The van der Waals surface area contributed by atoms with Gasteiger partial charge in [-0.3, -0.25) is 4.79 Å². The number of hydrogen-bond acceptors (Lipinski definition) is 7. The molecule has 8 nitrogen and oxygen atoms in total. The zero-order valence-corrected chi connectivity index (χ0v) is 15.9. The number of fused-ring (bicyclic) bond motifs is 1. The first kappa shape index (κ1) is 19.5. The molecule has 0 aliphatic carbocycles. The number of ether oxygens (including phenoxy) is 3. The highest BCUT2D eigenvalue weighted by Crippen LogP contribution is 2.35. The van der Waals surface area contributed by atoms with Gasteiger partial charge in [0.1, 0.15) is 24.5 Å². The van der Waals surface area contributed by atoms with Crippen molar-refractivity contribution in [1.82, 2.24) is 10.3 Å². The van der Waals surface area contributed by atoms with E-state index in [1.807, 2.05) is 6.07 Å². The van der Waals surface area contributed by atoms with Crippen LogP contribution in [-0.4, -0.2) is 47.3 Å². The molecule has 0 spiro atoms. The van der Waals surface area contributed by atoms with Crippen LogP contribution in [-0.2, 0) is 9.53 Å². The Labute approximate surface area is 162 Å². The second kappa shape index (κ2) is 7.75. The van der Waals surface area contributed by atoms with Gasteiger partial charge in [0.05, 0.1) is 6.61 Å². The quantitative estimate of drug-likeness (QED) is 0.759. The van der Waals surface area contributed by atoms with Gasteiger partial charge >= 0.3 is 5.97 Å². The van der Waals surface area contributed by atoms with Gasteiger partial charge in [0.15, 0.2) is 17.2 Å². The van der Waals surface area contributed by atoms with E-state index >= 15 is 0 Å². The Kier molecular flexibility index (Phi) is 5.39. The summed E-state index contributed by atoms with van der Waals surface area (Å²) in [7, 11) is 0. The molecule has 148 valence electrons. The van der Waals surface area contributed by atoms with E-state index in [-0.39, 0.29) is 18.1 Å². The van der Waals surface area contributed by atoms with Gasteiger partial charge in [-0.25, -0.2) is 9.78 Å². The maximum atomic E-state index is 12.5. The van der Waals surface area contributed by atoms with Gasteiger partial charge in [-0.1, -0.05) is 6.07 Å². The van der Waals surface area contributed by atoms with Gasteiger partial charge in [-0.2, -0.15) is 0 Å². The van der Waals surface area contributed by atoms with Crippen LogP contribution in [0, 0.1) is 0 Å². The van der Waals surface area contributed by atoms with Crippen LogP contribution in [0.15, 0.2) is 30.5 Å². The molecule has 2 heterocycles. The molecule has 28 heavy (non-hydrogen) atoms. The Morgan fingerprint density at radius 3 is 2.57 bits per heavy atom. The highest BCUT2D eigenvalue weighted by Gasteiger charge is 2.32. The molecule has 1 aliphatic rings. The molecule has 0 fully saturated rings. The molecule has 2 aromatic rings. The van der Waals surface area contributed by atoms with E-state index in [1.54, 1.807) is 19.1 Å². The van der Waals surface area contributed by atoms with Crippen LogP contribution < -0.4 is 14.8 Å². The lowest BCUT2D eigenvalue weighted by Gasteiger charge is -2.23. The first-order valence-corrected chi connectivity index (χ1v) is 8.90. The van der Waals surface area contributed by atoms with E-state index in [4.69, 9.17) is 14.2 Å². The van der Waals surface area contributed by atoms with Crippen LogP contribution in [0.25, 0.3) is 11.1 Å². The fourth-order valence-corrected chi connectivity index (χ4v) is 2.71. The largest absolute Gasteiger partial charge is 0.505 e. The molecule has 0 saturated heterocycles. The summed E-state index contributed by atoms with van der Waals surface area (Å²) in [5, 5.41) is 12.8. The number of amides is 1. The molecule has 0 atom stereocenters. The third-order valence-corrected chi connectivity index (χ3v) is 4.17. The third-order valence-electron chi connectivity index (χ3n) is 4.17. The summed E-state index contributed by atoms with van der Waals surface area (Å²) in [6.45, 7) is 5.88. The number of carbonyl (C=O) groups excluding carboxylic acids is 2. The van der Waals surface area contributed by atoms with Gasteiger partial charge < -0.3 is 24.6 Å². The van der Waals surface area contributed by atoms with Crippen molar-refractivity contribution in [3.8, 4) is 28.4 Å². The zero-order valence-electron chi connectivity index (χ0n) is 15.9. The van der Waals surface area contributed by atoms with Crippen LogP contribution >= 0.6 is 0 Å². The lowest BCUT2D eigenvalue weighted by Crippen LogP contribution is -2.50. The fourth-order valence-electron chi connectivity index (χ4n) is 2.71. The van der Waals surface area contributed by atoms with Crippen LogP contribution in [0.2, 0.25) is 0 Å². The molecule has 1 aliphatic heterocycles. The molecule has 1 amide bonds. The maximum Gasteiger partial charge on any atom is 0.331 e. The minimum absolute atomic E-state index is 0.182. The SMILES string of the molecule is CCOC(=O)C(C)(C)NC(=O)c1ncc(-c2ccc3c(c2)OCCO3)cc1O. The topological polar surface area (TPSA) is 107 Å². The summed E-state index contributed by atoms with van der Waals surface area (Å²) in [4.78, 5) is 28.5. The number of carbonyl (C=O) groups is 2. The lowest BCUT2D eigenvalue weighted by atomic mass is 10.0. The Bertz CT molecular complexity index is 910. The van der Waals surface area contributed by atoms with Crippen LogP contribution in [0.5, 0.6) is 17.2 Å². The number of aromatic hydroxyl groups is 1. The van der Waals surface area contributed by atoms with Gasteiger partial charge in [0, 0.05) is 11.8 Å². The minimum Gasteiger partial charge on any atom is -0.505 e. The molecule has 3 rings (SSSR count). The maximum absolute atomic E-state index is 12.5. The van der Waals surface area contributed by atoms with E-state index in [1.165, 1.54) is 26.1 Å². The van der Waals surface area contributed by atoms with Crippen molar-refractivity contribution in [3.63, 3.8) is 0 Å². The van der Waals surface area contributed by atoms with Gasteiger partial charge in [-0.15, -0.1) is 0 Å². The van der Waals surface area contributed by atoms with E-state index in [0.717, 1.165) is 5.56 Å². The number of benzene rings is 1. The summed E-state index contributed by atoms with van der Waals surface area (Å²) < 4.78 is 16.0. The molecule has 8 heteroatoms. The molecular formula is C20H22N2O6. The Morgan fingerprint density at radius 2 is 1.89 bits per heavy atom. The molecule has 0 bridgehead atoms. The Morgan fingerprint density at radius 1 is 1.18 bits per heavy atom. The molecule has 0 saturated carbocycles. The normalized spacial score (nSPS) is 13.0. The van der Waals surface area contributed by atoms with Crippen molar-refractivity contribution in [3.05, 3.63) is 36.2 Å². The lowest BCUT2D eigenvalue weighted by molar-refractivity contribution is -0.149. The zero-order chi connectivity index (χ0) is 20.3. The van der Waals surface area contributed by atoms with E-state index in [0.29, 0.717) is 30.3 Å². The second-order valence-electron chi connectivity index (χ2n) is 6.75. The molecule has 0 unspecified atom stereocenters. The monoisotopic (exact) mass is 386 g/mol. The standard InChI is InChI=1S/C20H22N2O6/c1-4-26-19(25)20(2,3)22-18(24)17-14(23)9-13(11-21-17)12-5-6-15-16(10-12)28-8-7-27-15/h5-6,9-11,23H,4,7-8H2,1-3H3,(H,22,24). The van der Waals surface area contributed by atoms with Crippen molar-refractivity contribution in [2.24, 2.45) is 0 Å². The van der Waals surface area contributed by atoms with Crippen molar-refractivity contribution in [1.29, 1.82) is 0 Å². The fraction of sp³-hybridized carbons (Fsp3) is 0.350. The Hall–Kier alpha value is -3.29. The van der Waals surface area contributed by atoms with Crippen molar-refractivity contribution >= 4 is 11.9 Å². The van der Waals surface area contributed by atoms with E-state index < -0.39 is 17.4 Å². The van der Waals surface area contributed by atoms with Gasteiger partial charge in [0.25, 0.3) is 5.91 Å². The number of aromatic nitrogens is 1. The van der Waals surface area contributed by atoms with Crippen LogP contribution in [0.3, 0.4) is 0 Å². The average Bonchev–Trinajstić information content (AvgIpc) is 2.67. The smallest absolute Gasteiger partial charge is 0.331 e. The molecule has 2 N–H and O–H groups in total. The Balaban J connectivity index is 1.80. The van der Waals surface area contributed by atoms with Crippen molar-refractivity contribution < 1.29 is 28.9 Å². The van der Waals surface area contributed by atoms with E-state index in [9.17, 15) is 14.7 Å². The number of rotatable bonds is 5. The molecule has 0 radical (unpaired) electrons. The minimum atomic E-state index is -1.25. The van der Waals surface area contributed by atoms with Crippen molar-refractivity contribution in [2.45, 2.75) is 26.3 Å². The predicted molar refractivity (Wildman–Crippen MR) is 101 cm³/mol. The van der Waals surface area contributed by atoms with Gasteiger partial charge in [-0.05, 0) is 44.5 Å². The van der Waals surface area contributed by atoms with E-state index in [2.05, 4.69) is 10.3 Å². The average molecular weight is 386 g/mol. The third kappa shape index (κ3) is 4.00. The van der Waals surface area contributed by atoms with Crippen molar-refractivity contribution in [2.75, 3.05) is 19.8 Å². The number of esters is 1. The first-order chi connectivity index (χ1) is 13.3. The number of hydrogen-bond donors (Lipinski definition) is 2. The van der Waals surface area contributed by atoms with Crippen LogP contribution in [0.4, 0.5) is 0 Å². The first-order valence-electron chi connectivity index (χ1n) is 8.90. The number of nitrogens with zero attached hydrogens (tertiary/aromatic N) is 1. The number of pyridine rings is 1. The summed E-state index contributed by atoms with van der Waals surface area (Å²) in [5.41, 5.74) is -0.0735. The summed E-state index contributed by atoms with van der Waals surface area (Å²) in [6, 6.07) is 6.82. The highest BCUT2D eigenvalue weighted by atomic mass is 16.6. The molecule has 1 aromatic carbocycles. The summed E-state index contributed by atoms with van der Waals surface area (Å²) in [6.07, 6.45) is 1.47. The second-order valence-corrected chi connectivity index (χ2v) is 6.75.